The van der Waals surface area contributed by atoms with Gasteiger partial charge in [0.1, 0.15) is 11.4 Å². The number of piperidine rings is 1. The van der Waals surface area contributed by atoms with Crippen LogP contribution >= 0.6 is 0 Å². The Kier molecular flexibility index (Phi) is 7.20. The molecule has 1 atom stereocenters. The lowest BCUT2D eigenvalue weighted by atomic mass is 9.95. The van der Waals surface area contributed by atoms with Crippen LogP contribution in [-0.4, -0.2) is 40.7 Å². The van der Waals surface area contributed by atoms with Crippen LogP contribution in [0.4, 0.5) is 10.6 Å². The van der Waals surface area contributed by atoms with Crippen LogP contribution in [0.25, 0.3) is 0 Å². The second-order valence-corrected chi connectivity index (χ2v) is 10.1. The largest absolute Gasteiger partial charge is 0.443 e. The van der Waals surface area contributed by atoms with E-state index in [2.05, 4.69) is 24.8 Å². The summed E-state index contributed by atoms with van der Waals surface area (Å²) in [5.41, 5.74) is 0.762. The Hall–Kier alpha value is -1.62. The molecular formula is C24H39N3O2. The van der Waals surface area contributed by atoms with Gasteiger partial charge in [-0.2, -0.15) is 0 Å². The molecule has 162 valence electrons. The molecule has 5 heteroatoms. The third kappa shape index (κ3) is 5.94. The van der Waals surface area contributed by atoms with E-state index in [4.69, 9.17) is 9.72 Å². The van der Waals surface area contributed by atoms with E-state index in [0.717, 1.165) is 44.6 Å². The average molecular weight is 402 g/mol. The maximum atomic E-state index is 13.0. The number of pyridine rings is 1. The van der Waals surface area contributed by atoms with E-state index >= 15 is 0 Å². The zero-order valence-electron chi connectivity index (χ0n) is 19.0. The maximum absolute atomic E-state index is 13.0. The number of aromatic nitrogens is 1. The molecule has 0 spiro atoms. The summed E-state index contributed by atoms with van der Waals surface area (Å²) >= 11 is 0. The van der Waals surface area contributed by atoms with Crippen molar-refractivity contribution in [1.82, 2.24) is 9.88 Å². The van der Waals surface area contributed by atoms with Crippen molar-refractivity contribution in [3.63, 3.8) is 0 Å². The summed E-state index contributed by atoms with van der Waals surface area (Å²) in [6, 6.07) is 4.84. The minimum absolute atomic E-state index is 0.190. The maximum Gasteiger partial charge on any atom is 0.416 e. The third-order valence-electron chi connectivity index (χ3n) is 5.90. The van der Waals surface area contributed by atoms with Crippen LogP contribution in [0.1, 0.15) is 91.2 Å². The Morgan fingerprint density at radius 1 is 1.17 bits per heavy atom. The minimum atomic E-state index is -0.507. The van der Waals surface area contributed by atoms with Crippen molar-refractivity contribution in [1.29, 1.82) is 0 Å². The first kappa shape index (κ1) is 22.1. The molecule has 0 aromatic carbocycles. The van der Waals surface area contributed by atoms with Crippen LogP contribution in [0.5, 0.6) is 0 Å². The van der Waals surface area contributed by atoms with Gasteiger partial charge in [0.05, 0.1) is 0 Å². The fourth-order valence-corrected chi connectivity index (χ4v) is 4.70. The van der Waals surface area contributed by atoms with Gasteiger partial charge in [0.25, 0.3) is 0 Å². The monoisotopic (exact) mass is 401 g/mol. The summed E-state index contributed by atoms with van der Waals surface area (Å²) in [5, 5.41) is 0. The molecule has 0 unspecified atom stereocenters. The van der Waals surface area contributed by atoms with E-state index in [9.17, 15) is 4.79 Å². The standard InChI is InChI=1S/C24H39N3O2/c1-18(2)17-26-15-9-8-12-21(26)19-13-14-22(25-16-19)27(20-10-6-7-11-20)23(28)29-24(3,4)5/h13-14,16,18,20-21H,6-12,15,17H2,1-5H3/t21-/m1/s1. The lowest BCUT2D eigenvalue weighted by molar-refractivity contribution is 0.0564. The predicted octanol–water partition coefficient (Wildman–Crippen LogP) is 5.95. The van der Waals surface area contributed by atoms with Crippen LogP contribution in [0.3, 0.4) is 0 Å². The number of ether oxygens (including phenoxy) is 1. The summed E-state index contributed by atoms with van der Waals surface area (Å²) in [6.45, 7) is 12.6. The first-order chi connectivity index (χ1) is 13.7. The van der Waals surface area contributed by atoms with Gasteiger partial charge in [-0.05, 0) is 70.5 Å². The van der Waals surface area contributed by atoms with Gasteiger partial charge >= 0.3 is 6.09 Å². The van der Waals surface area contributed by atoms with E-state index in [1.54, 1.807) is 4.90 Å². The molecule has 1 amide bonds. The lowest BCUT2D eigenvalue weighted by Gasteiger charge is -2.37. The first-order valence-corrected chi connectivity index (χ1v) is 11.5. The van der Waals surface area contributed by atoms with Crippen molar-refractivity contribution in [3.8, 4) is 0 Å². The van der Waals surface area contributed by atoms with E-state index in [1.807, 2.05) is 33.0 Å². The summed E-state index contributed by atoms with van der Waals surface area (Å²) in [5.74, 6) is 1.38. The van der Waals surface area contributed by atoms with Gasteiger partial charge in [-0.1, -0.05) is 39.2 Å². The molecule has 0 bridgehead atoms. The molecule has 2 heterocycles. The second-order valence-electron chi connectivity index (χ2n) is 10.1. The quantitative estimate of drug-likeness (QED) is 0.612. The summed E-state index contributed by atoms with van der Waals surface area (Å²) < 4.78 is 5.71. The minimum Gasteiger partial charge on any atom is -0.443 e. The van der Waals surface area contributed by atoms with E-state index in [-0.39, 0.29) is 12.1 Å². The Bertz CT molecular complexity index is 660. The highest BCUT2D eigenvalue weighted by Gasteiger charge is 2.33. The van der Waals surface area contributed by atoms with E-state index in [0.29, 0.717) is 12.0 Å². The number of anilines is 1. The van der Waals surface area contributed by atoms with E-state index < -0.39 is 5.60 Å². The number of likely N-dealkylation sites (tertiary alicyclic amines) is 1. The topological polar surface area (TPSA) is 45.7 Å². The second kappa shape index (κ2) is 9.46. The molecule has 1 aliphatic heterocycles. The van der Waals surface area contributed by atoms with Crippen molar-refractivity contribution >= 4 is 11.9 Å². The van der Waals surface area contributed by atoms with Gasteiger partial charge < -0.3 is 4.74 Å². The van der Waals surface area contributed by atoms with Crippen molar-refractivity contribution in [2.75, 3.05) is 18.0 Å². The van der Waals surface area contributed by atoms with Crippen LogP contribution in [0.2, 0.25) is 0 Å². The number of carbonyl (C=O) groups excluding carboxylic acids is 1. The molecular weight excluding hydrogens is 362 g/mol. The van der Waals surface area contributed by atoms with Gasteiger partial charge in [-0.3, -0.25) is 9.80 Å². The van der Waals surface area contributed by atoms with Crippen molar-refractivity contribution in [3.05, 3.63) is 23.9 Å². The fourth-order valence-electron chi connectivity index (χ4n) is 4.70. The molecule has 29 heavy (non-hydrogen) atoms. The molecule has 1 aliphatic carbocycles. The average Bonchev–Trinajstić information content (AvgIpc) is 3.15. The molecule has 3 rings (SSSR count). The SMILES string of the molecule is CC(C)CN1CCCC[C@@H]1c1ccc(N(C(=O)OC(C)(C)C)C2CCCC2)nc1. The number of carbonyl (C=O) groups is 1. The van der Waals surface area contributed by atoms with Crippen molar-refractivity contribution in [2.24, 2.45) is 5.92 Å². The zero-order chi connectivity index (χ0) is 21.0. The molecule has 0 N–H and O–H groups in total. The van der Waals surface area contributed by atoms with Gasteiger partial charge in [0.2, 0.25) is 0 Å². The number of nitrogens with zero attached hydrogens (tertiary/aromatic N) is 3. The molecule has 5 nitrogen and oxygen atoms in total. The molecule has 2 aliphatic rings. The van der Waals surface area contributed by atoms with Crippen LogP contribution in [-0.2, 0) is 4.74 Å². The smallest absolute Gasteiger partial charge is 0.416 e. The Morgan fingerprint density at radius 2 is 1.86 bits per heavy atom. The fraction of sp³-hybridized carbons (Fsp3) is 0.750. The number of amides is 1. The highest BCUT2D eigenvalue weighted by molar-refractivity contribution is 5.87. The molecule has 1 saturated heterocycles. The van der Waals surface area contributed by atoms with Gasteiger partial charge in [-0.15, -0.1) is 0 Å². The van der Waals surface area contributed by atoms with E-state index in [1.165, 1.54) is 24.8 Å². The summed E-state index contributed by atoms with van der Waals surface area (Å²) in [4.78, 5) is 22.1. The highest BCUT2D eigenvalue weighted by Crippen LogP contribution is 2.33. The number of hydrogen-bond donors (Lipinski definition) is 0. The first-order valence-electron chi connectivity index (χ1n) is 11.5. The summed E-state index contributed by atoms with van der Waals surface area (Å²) in [6.07, 6.45) is 9.82. The number of hydrogen-bond acceptors (Lipinski definition) is 4. The molecule has 1 aromatic heterocycles. The zero-order valence-corrected chi connectivity index (χ0v) is 19.0. The third-order valence-corrected chi connectivity index (χ3v) is 5.90. The molecule has 0 radical (unpaired) electrons. The van der Waals surface area contributed by atoms with Crippen molar-refractivity contribution in [2.45, 2.75) is 97.2 Å². The molecule has 1 aromatic rings. The van der Waals surface area contributed by atoms with Gasteiger partial charge in [-0.25, -0.2) is 9.78 Å². The number of rotatable bonds is 5. The van der Waals surface area contributed by atoms with Gasteiger partial charge in [0.15, 0.2) is 0 Å². The van der Waals surface area contributed by atoms with Crippen LogP contribution < -0.4 is 4.90 Å². The Balaban J connectivity index is 1.80. The normalized spacial score (nSPS) is 21.5. The van der Waals surface area contributed by atoms with Crippen LogP contribution in [0, 0.1) is 5.92 Å². The highest BCUT2D eigenvalue weighted by atomic mass is 16.6. The van der Waals surface area contributed by atoms with Crippen molar-refractivity contribution < 1.29 is 9.53 Å². The lowest BCUT2D eigenvalue weighted by Crippen LogP contribution is -2.43. The summed E-state index contributed by atoms with van der Waals surface area (Å²) in [7, 11) is 0. The molecule has 2 fully saturated rings. The van der Waals surface area contributed by atoms with Crippen LogP contribution in [0.15, 0.2) is 18.3 Å². The van der Waals surface area contributed by atoms with Gasteiger partial charge in [0, 0.05) is 24.8 Å². The Morgan fingerprint density at radius 3 is 2.45 bits per heavy atom. The Labute approximate surface area is 176 Å². The predicted molar refractivity (Wildman–Crippen MR) is 118 cm³/mol. The molecule has 1 saturated carbocycles.